The zero-order valence-electron chi connectivity index (χ0n) is 14.4. The van der Waals surface area contributed by atoms with E-state index in [1.807, 2.05) is 12.1 Å². The number of aromatic nitrogens is 2. The number of nitrogens with zero attached hydrogens (tertiary/aromatic N) is 4. The molecule has 3 rings (SSSR count). The normalized spacial score (nSPS) is 14.9. The van der Waals surface area contributed by atoms with Crippen molar-refractivity contribution in [3.05, 3.63) is 36.7 Å². The van der Waals surface area contributed by atoms with Crippen LogP contribution in [-0.2, 0) is 0 Å². The Morgan fingerprint density at radius 1 is 1.08 bits per heavy atom. The number of anilines is 3. The molecule has 8 heteroatoms. The Morgan fingerprint density at radius 3 is 2.44 bits per heavy atom. The third-order valence-electron chi connectivity index (χ3n) is 4.01. The molecule has 0 unspecified atom stereocenters. The van der Waals surface area contributed by atoms with Gasteiger partial charge in [0.2, 0.25) is 5.95 Å². The molecule has 0 spiro atoms. The van der Waals surface area contributed by atoms with Crippen molar-refractivity contribution < 1.29 is 9.53 Å². The van der Waals surface area contributed by atoms with Crippen LogP contribution in [0.2, 0.25) is 0 Å². The van der Waals surface area contributed by atoms with Gasteiger partial charge in [0.25, 0.3) is 0 Å². The molecule has 1 aliphatic heterocycles. The van der Waals surface area contributed by atoms with E-state index in [0.29, 0.717) is 23.1 Å². The van der Waals surface area contributed by atoms with Gasteiger partial charge in [-0.05, 0) is 19.2 Å². The van der Waals surface area contributed by atoms with Gasteiger partial charge in [-0.1, -0.05) is 6.07 Å². The van der Waals surface area contributed by atoms with Gasteiger partial charge in [-0.15, -0.1) is 0 Å². The van der Waals surface area contributed by atoms with E-state index >= 15 is 0 Å². The number of nitrogens with one attached hydrogen (secondary N) is 2. The van der Waals surface area contributed by atoms with E-state index in [-0.39, 0.29) is 6.03 Å². The zero-order valence-corrected chi connectivity index (χ0v) is 14.4. The number of methoxy groups -OCH3 is 1. The fourth-order valence-electron chi connectivity index (χ4n) is 2.55. The molecular weight excluding hydrogens is 320 g/mol. The molecule has 0 aliphatic carbocycles. The summed E-state index contributed by atoms with van der Waals surface area (Å²) in [5.41, 5.74) is 1.19. The fourth-order valence-corrected chi connectivity index (χ4v) is 2.55. The standard InChI is InChI=1S/C17H22N6O2/c1-22-6-8-23(9-7-22)16-18-11-14(12-19-16)21-17(24)20-13-4-3-5-15(10-13)25-2/h3-5,10-12H,6-9H2,1-2H3,(H2,20,21,24). The van der Waals surface area contributed by atoms with Gasteiger partial charge in [0.15, 0.2) is 0 Å². The lowest BCUT2D eigenvalue weighted by molar-refractivity contribution is 0.262. The number of ether oxygens (including phenoxy) is 1. The summed E-state index contributed by atoms with van der Waals surface area (Å²) in [6.07, 6.45) is 3.23. The molecule has 1 aromatic heterocycles. The van der Waals surface area contributed by atoms with Crippen LogP contribution in [0.15, 0.2) is 36.7 Å². The maximum Gasteiger partial charge on any atom is 0.323 e. The Morgan fingerprint density at radius 2 is 1.76 bits per heavy atom. The number of likely N-dealkylation sites (N-methyl/N-ethyl adjacent to an activating group) is 1. The SMILES string of the molecule is COc1cccc(NC(=O)Nc2cnc(N3CCN(C)CC3)nc2)c1. The van der Waals surface area contributed by atoms with Crippen molar-refractivity contribution in [2.24, 2.45) is 0 Å². The number of hydrogen-bond donors (Lipinski definition) is 2. The summed E-state index contributed by atoms with van der Waals surface area (Å²) in [5.74, 6) is 1.37. The van der Waals surface area contributed by atoms with Crippen LogP contribution in [0.1, 0.15) is 0 Å². The Labute approximate surface area is 146 Å². The maximum absolute atomic E-state index is 12.1. The van der Waals surface area contributed by atoms with Gasteiger partial charge in [-0.3, -0.25) is 0 Å². The molecule has 1 fully saturated rings. The molecule has 2 aromatic rings. The third kappa shape index (κ3) is 4.57. The molecule has 2 heterocycles. The minimum atomic E-state index is -0.357. The first kappa shape index (κ1) is 17.0. The van der Waals surface area contributed by atoms with Crippen LogP contribution in [0.5, 0.6) is 5.75 Å². The number of piperazine rings is 1. The van der Waals surface area contributed by atoms with Crippen LogP contribution >= 0.6 is 0 Å². The second-order valence-corrected chi connectivity index (χ2v) is 5.87. The van der Waals surface area contributed by atoms with E-state index in [2.05, 4.69) is 37.4 Å². The summed E-state index contributed by atoms with van der Waals surface area (Å²) < 4.78 is 5.13. The molecule has 1 aliphatic rings. The number of rotatable bonds is 4. The van der Waals surface area contributed by atoms with Crippen LogP contribution in [0.25, 0.3) is 0 Å². The zero-order chi connectivity index (χ0) is 17.6. The lowest BCUT2D eigenvalue weighted by Crippen LogP contribution is -2.45. The Hall–Kier alpha value is -2.87. The predicted molar refractivity (Wildman–Crippen MR) is 97.4 cm³/mol. The number of urea groups is 1. The second-order valence-electron chi connectivity index (χ2n) is 5.87. The monoisotopic (exact) mass is 342 g/mol. The maximum atomic E-state index is 12.1. The van der Waals surface area contributed by atoms with E-state index in [4.69, 9.17) is 4.74 Å². The smallest absolute Gasteiger partial charge is 0.323 e. The molecule has 0 atom stereocenters. The van der Waals surface area contributed by atoms with Gasteiger partial charge in [0.1, 0.15) is 5.75 Å². The highest BCUT2D eigenvalue weighted by Gasteiger charge is 2.16. The molecule has 1 aromatic carbocycles. The summed E-state index contributed by atoms with van der Waals surface area (Å²) in [5, 5.41) is 5.47. The van der Waals surface area contributed by atoms with Crippen LogP contribution in [0.4, 0.5) is 22.1 Å². The predicted octanol–water partition coefficient (Wildman–Crippen LogP) is 1.88. The first-order valence-electron chi connectivity index (χ1n) is 8.11. The van der Waals surface area contributed by atoms with Gasteiger partial charge >= 0.3 is 6.03 Å². The minimum Gasteiger partial charge on any atom is -0.497 e. The fraction of sp³-hybridized carbons (Fsp3) is 0.353. The van der Waals surface area contributed by atoms with Gasteiger partial charge < -0.3 is 25.2 Å². The molecule has 8 nitrogen and oxygen atoms in total. The van der Waals surface area contributed by atoms with Crippen LogP contribution in [0.3, 0.4) is 0 Å². The summed E-state index contributed by atoms with van der Waals surface area (Å²) in [4.78, 5) is 25.2. The quantitative estimate of drug-likeness (QED) is 0.883. The number of hydrogen-bond acceptors (Lipinski definition) is 6. The highest BCUT2D eigenvalue weighted by Crippen LogP contribution is 2.17. The van der Waals surface area contributed by atoms with E-state index < -0.39 is 0 Å². The van der Waals surface area contributed by atoms with Crippen molar-refractivity contribution in [3.8, 4) is 5.75 Å². The van der Waals surface area contributed by atoms with E-state index in [0.717, 1.165) is 26.2 Å². The van der Waals surface area contributed by atoms with Gasteiger partial charge in [-0.2, -0.15) is 0 Å². The third-order valence-corrected chi connectivity index (χ3v) is 4.01. The molecule has 25 heavy (non-hydrogen) atoms. The summed E-state index contributed by atoms with van der Waals surface area (Å²) >= 11 is 0. The van der Waals surface area contributed by atoms with E-state index in [1.165, 1.54) is 0 Å². The van der Waals surface area contributed by atoms with Crippen LogP contribution in [-0.4, -0.2) is 61.2 Å². The number of carbonyl (C=O) groups excluding carboxylic acids is 1. The average molecular weight is 342 g/mol. The second kappa shape index (κ2) is 7.80. The molecule has 2 amide bonds. The Bertz CT molecular complexity index is 713. The number of amides is 2. The highest BCUT2D eigenvalue weighted by atomic mass is 16.5. The lowest BCUT2D eigenvalue weighted by Gasteiger charge is -2.32. The highest BCUT2D eigenvalue weighted by molar-refractivity contribution is 5.99. The molecule has 0 bridgehead atoms. The van der Waals surface area contributed by atoms with Gasteiger partial charge in [0.05, 0.1) is 25.2 Å². The van der Waals surface area contributed by atoms with E-state index in [1.54, 1.807) is 31.6 Å². The van der Waals surface area contributed by atoms with Crippen LogP contribution in [0, 0.1) is 0 Å². The van der Waals surface area contributed by atoms with Crippen molar-refractivity contribution in [2.75, 3.05) is 55.9 Å². The summed E-state index contributed by atoms with van der Waals surface area (Å²) in [6, 6.07) is 6.79. The Kier molecular flexibility index (Phi) is 5.30. The van der Waals surface area contributed by atoms with Gasteiger partial charge in [-0.25, -0.2) is 14.8 Å². The first-order chi connectivity index (χ1) is 12.1. The molecule has 132 valence electrons. The van der Waals surface area contributed by atoms with Crippen molar-refractivity contribution >= 4 is 23.4 Å². The molecule has 1 saturated heterocycles. The van der Waals surface area contributed by atoms with Gasteiger partial charge in [0, 0.05) is 37.9 Å². The van der Waals surface area contributed by atoms with Crippen molar-refractivity contribution in [3.63, 3.8) is 0 Å². The van der Waals surface area contributed by atoms with E-state index in [9.17, 15) is 4.79 Å². The molecular formula is C17H22N6O2. The summed E-state index contributed by atoms with van der Waals surface area (Å²) in [7, 11) is 3.69. The molecule has 0 radical (unpaired) electrons. The van der Waals surface area contributed by atoms with Crippen LogP contribution < -0.4 is 20.3 Å². The number of carbonyl (C=O) groups is 1. The lowest BCUT2D eigenvalue weighted by atomic mass is 10.3. The first-order valence-corrected chi connectivity index (χ1v) is 8.11. The average Bonchev–Trinajstić information content (AvgIpc) is 2.63. The number of benzene rings is 1. The minimum absolute atomic E-state index is 0.357. The molecule has 0 saturated carbocycles. The van der Waals surface area contributed by atoms with Crippen molar-refractivity contribution in [1.29, 1.82) is 0 Å². The van der Waals surface area contributed by atoms with Crippen molar-refractivity contribution in [1.82, 2.24) is 14.9 Å². The Balaban J connectivity index is 1.56. The van der Waals surface area contributed by atoms with Crippen molar-refractivity contribution in [2.45, 2.75) is 0 Å². The molecule has 2 N–H and O–H groups in total. The summed E-state index contributed by atoms with van der Waals surface area (Å²) in [6.45, 7) is 3.79. The largest absolute Gasteiger partial charge is 0.497 e. The topological polar surface area (TPSA) is 82.6 Å².